The summed E-state index contributed by atoms with van der Waals surface area (Å²) in [6, 6.07) is 15.8. The van der Waals surface area contributed by atoms with E-state index in [9.17, 15) is 13.2 Å². The van der Waals surface area contributed by atoms with Gasteiger partial charge in [0.2, 0.25) is 0 Å². The Labute approximate surface area is 154 Å². The first kappa shape index (κ1) is 18.5. The highest BCUT2D eigenvalue weighted by Gasteiger charge is 2.28. The second kappa shape index (κ2) is 7.50. The smallest absolute Gasteiger partial charge is 0.321 e. The number of carbonyl (C=O) groups is 1. The van der Waals surface area contributed by atoms with Crippen LogP contribution in [0.2, 0.25) is 0 Å². The van der Waals surface area contributed by atoms with Crippen LogP contribution in [-0.2, 0) is 9.84 Å². The molecule has 1 fully saturated rings. The summed E-state index contributed by atoms with van der Waals surface area (Å²) in [5, 5.41) is 2.89. The third kappa shape index (κ3) is 4.43. The predicted octanol–water partition coefficient (Wildman–Crippen LogP) is 3.70. The van der Waals surface area contributed by atoms with Gasteiger partial charge in [-0.15, -0.1) is 0 Å². The number of nitrogens with one attached hydrogen (secondary N) is 1. The van der Waals surface area contributed by atoms with Crippen LogP contribution >= 0.6 is 0 Å². The Bertz CT molecular complexity index is 860. The summed E-state index contributed by atoms with van der Waals surface area (Å²) in [6.07, 6.45) is 0.997. The summed E-state index contributed by atoms with van der Waals surface area (Å²) in [6.45, 7) is 2.06. The van der Waals surface area contributed by atoms with Crippen molar-refractivity contribution >= 4 is 21.6 Å². The summed E-state index contributed by atoms with van der Waals surface area (Å²) in [4.78, 5) is 14.0. The molecule has 0 radical (unpaired) electrons. The molecule has 3 rings (SSSR count). The largest absolute Gasteiger partial charge is 0.325 e. The SMILES string of the molecule is Cc1ccc(-c2ccc(NC(=O)N(C)C3CCS(=O)(=O)CC3)cc2)cc1. The molecule has 0 bridgehead atoms. The molecule has 138 valence electrons. The molecule has 2 amide bonds. The van der Waals surface area contributed by atoms with E-state index in [0.29, 0.717) is 12.8 Å². The number of anilines is 1. The molecule has 5 nitrogen and oxygen atoms in total. The summed E-state index contributed by atoms with van der Waals surface area (Å²) in [5.74, 6) is 0.307. The van der Waals surface area contributed by atoms with Gasteiger partial charge in [-0.2, -0.15) is 0 Å². The maximum absolute atomic E-state index is 12.4. The molecule has 0 unspecified atom stereocenters. The monoisotopic (exact) mass is 372 g/mol. The Morgan fingerprint density at radius 3 is 2.00 bits per heavy atom. The van der Waals surface area contributed by atoms with Gasteiger partial charge in [-0.3, -0.25) is 0 Å². The number of sulfone groups is 1. The van der Waals surface area contributed by atoms with Gasteiger partial charge < -0.3 is 10.2 Å². The number of benzene rings is 2. The van der Waals surface area contributed by atoms with Crippen molar-refractivity contribution in [1.29, 1.82) is 0 Å². The third-order valence-electron chi connectivity index (χ3n) is 4.91. The lowest BCUT2D eigenvalue weighted by Gasteiger charge is -2.31. The van der Waals surface area contributed by atoms with Crippen molar-refractivity contribution in [3.05, 3.63) is 54.1 Å². The lowest BCUT2D eigenvalue weighted by atomic mass is 10.0. The molecule has 1 saturated heterocycles. The molecule has 2 aromatic rings. The summed E-state index contributed by atoms with van der Waals surface area (Å²) < 4.78 is 23.1. The highest BCUT2D eigenvalue weighted by Crippen LogP contribution is 2.23. The highest BCUT2D eigenvalue weighted by molar-refractivity contribution is 7.91. The van der Waals surface area contributed by atoms with E-state index in [1.165, 1.54) is 5.56 Å². The zero-order valence-corrected chi connectivity index (χ0v) is 15.9. The minimum atomic E-state index is -2.93. The molecule has 0 aromatic heterocycles. The quantitative estimate of drug-likeness (QED) is 0.893. The number of carbonyl (C=O) groups excluding carboxylic acids is 1. The van der Waals surface area contributed by atoms with E-state index in [1.807, 2.05) is 24.3 Å². The lowest BCUT2D eigenvalue weighted by Crippen LogP contribution is -2.44. The van der Waals surface area contributed by atoms with E-state index >= 15 is 0 Å². The van der Waals surface area contributed by atoms with Gasteiger partial charge >= 0.3 is 6.03 Å². The van der Waals surface area contributed by atoms with Crippen LogP contribution in [0.4, 0.5) is 10.5 Å². The molecule has 6 heteroatoms. The van der Waals surface area contributed by atoms with Gasteiger partial charge in [-0.05, 0) is 43.0 Å². The molecule has 26 heavy (non-hydrogen) atoms. The average molecular weight is 372 g/mol. The van der Waals surface area contributed by atoms with E-state index in [1.54, 1.807) is 11.9 Å². The van der Waals surface area contributed by atoms with Crippen LogP contribution in [0, 0.1) is 6.92 Å². The summed E-state index contributed by atoms with van der Waals surface area (Å²) >= 11 is 0. The van der Waals surface area contributed by atoms with E-state index < -0.39 is 9.84 Å². The van der Waals surface area contributed by atoms with Crippen LogP contribution in [0.1, 0.15) is 18.4 Å². The van der Waals surface area contributed by atoms with Crippen molar-refractivity contribution < 1.29 is 13.2 Å². The number of nitrogens with zero attached hydrogens (tertiary/aromatic N) is 1. The first-order chi connectivity index (χ1) is 12.3. The van der Waals surface area contributed by atoms with E-state index in [-0.39, 0.29) is 23.6 Å². The van der Waals surface area contributed by atoms with Crippen LogP contribution in [0.5, 0.6) is 0 Å². The van der Waals surface area contributed by atoms with Crippen molar-refractivity contribution in [2.75, 3.05) is 23.9 Å². The Hall–Kier alpha value is -2.34. The second-order valence-corrected chi connectivity index (χ2v) is 9.17. The third-order valence-corrected chi connectivity index (χ3v) is 6.63. The fraction of sp³-hybridized carbons (Fsp3) is 0.350. The van der Waals surface area contributed by atoms with Crippen LogP contribution < -0.4 is 5.32 Å². The first-order valence-electron chi connectivity index (χ1n) is 8.75. The normalized spacial score (nSPS) is 16.8. The van der Waals surface area contributed by atoms with E-state index in [4.69, 9.17) is 0 Å². The molecule has 0 aliphatic carbocycles. The van der Waals surface area contributed by atoms with Gasteiger partial charge in [0, 0.05) is 18.8 Å². The van der Waals surface area contributed by atoms with Crippen molar-refractivity contribution in [2.45, 2.75) is 25.8 Å². The van der Waals surface area contributed by atoms with Crippen LogP contribution in [0.3, 0.4) is 0 Å². The van der Waals surface area contributed by atoms with Gasteiger partial charge in [-0.25, -0.2) is 13.2 Å². The number of hydrogen-bond donors (Lipinski definition) is 1. The fourth-order valence-electron chi connectivity index (χ4n) is 3.13. The Kier molecular flexibility index (Phi) is 5.32. The van der Waals surface area contributed by atoms with Crippen LogP contribution in [0.25, 0.3) is 11.1 Å². The number of rotatable bonds is 3. The van der Waals surface area contributed by atoms with Crippen molar-refractivity contribution in [1.82, 2.24) is 4.90 Å². The van der Waals surface area contributed by atoms with Gasteiger partial charge in [0.05, 0.1) is 11.5 Å². The molecule has 2 aromatic carbocycles. The van der Waals surface area contributed by atoms with E-state index in [2.05, 4.69) is 36.5 Å². The standard InChI is InChI=1S/C20H24N2O3S/c1-15-3-5-16(6-4-15)17-7-9-18(10-8-17)21-20(23)22(2)19-11-13-26(24,25)14-12-19/h3-10,19H,11-14H2,1-2H3,(H,21,23). The molecule has 1 aliphatic heterocycles. The molecule has 1 aliphatic rings. The maximum atomic E-state index is 12.4. The summed E-state index contributed by atoms with van der Waals surface area (Å²) in [5.41, 5.74) is 4.17. The molecule has 0 spiro atoms. The molecule has 0 saturated carbocycles. The highest BCUT2D eigenvalue weighted by atomic mass is 32.2. The van der Waals surface area contributed by atoms with Crippen LogP contribution in [-0.4, -0.2) is 43.9 Å². The van der Waals surface area contributed by atoms with Gasteiger partial charge in [-0.1, -0.05) is 42.0 Å². The minimum absolute atomic E-state index is 0.0367. The van der Waals surface area contributed by atoms with Gasteiger partial charge in [0.25, 0.3) is 0 Å². The van der Waals surface area contributed by atoms with Crippen molar-refractivity contribution in [2.24, 2.45) is 0 Å². The number of amides is 2. The molecule has 1 N–H and O–H groups in total. The minimum Gasteiger partial charge on any atom is -0.325 e. The second-order valence-electron chi connectivity index (χ2n) is 6.87. The Morgan fingerprint density at radius 1 is 0.962 bits per heavy atom. The molecule has 0 atom stereocenters. The first-order valence-corrected chi connectivity index (χ1v) is 10.6. The Balaban J connectivity index is 1.61. The lowest BCUT2D eigenvalue weighted by molar-refractivity contribution is 0.199. The molecule has 1 heterocycles. The predicted molar refractivity (Wildman–Crippen MR) is 105 cm³/mol. The molecular weight excluding hydrogens is 348 g/mol. The van der Waals surface area contributed by atoms with Crippen molar-refractivity contribution in [3.8, 4) is 11.1 Å². The summed E-state index contributed by atoms with van der Waals surface area (Å²) in [7, 11) is -1.21. The zero-order valence-electron chi connectivity index (χ0n) is 15.1. The maximum Gasteiger partial charge on any atom is 0.321 e. The van der Waals surface area contributed by atoms with E-state index in [0.717, 1.165) is 16.8 Å². The average Bonchev–Trinajstić information content (AvgIpc) is 2.62. The topological polar surface area (TPSA) is 66.5 Å². The molecular formula is C20H24N2O3S. The number of aryl methyl sites for hydroxylation is 1. The fourth-order valence-corrected chi connectivity index (χ4v) is 4.60. The van der Waals surface area contributed by atoms with Gasteiger partial charge in [0.15, 0.2) is 0 Å². The van der Waals surface area contributed by atoms with Crippen molar-refractivity contribution in [3.63, 3.8) is 0 Å². The Morgan fingerprint density at radius 2 is 1.46 bits per heavy atom. The van der Waals surface area contributed by atoms with Crippen LogP contribution in [0.15, 0.2) is 48.5 Å². The zero-order chi connectivity index (χ0) is 18.7. The number of hydrogen-bond acceptors (Lipinski definition) is 3. The van der Waals surface area contributed by atoms with Gasteiger partial charge in [0.1, 0.15) is 9.84 Å². The number of urea groups is 1.